The van der Waals surface area contributed by atoms with Crippen LogP contribution >= 0.6 is 7.82 Å². The second kappa shape index (κ2) is 36.5. The highest BCUT2D eigenvalue weighted by Crippen LogP contribution is 2.43. The summed E-state index contributed by atoms with van der Waals surface area (Å²) in [5.74, 6) is -0.872. The highest BCUT2D eigenvalue weighted by atomic mass is 31.2. The van der Waals surface area contributed by atoms with Gasteiger partial charge in [0.15, 0.2) is 6.10 Å². The lowest BCUT2D eigenvalue weighted by molar-refractivity contribution is -0.161. The molecule has 0 fully saturated rings. The summed E-state index contributed by atoms with van der Waals surface area (Å²) in [6.45, 7) is 3.51. The number of rotatable bonds is 35. The molecular weight excluding hydrogens is 653 g/mol. The summed E-state index contributed by atoms with van der Waals surface area (Å²) in [7, 11) is -4.38. The number of phosphoric ester groups is 1. The number of esters is 2. The fourth-order valence-corrected chi connectivity index (χ4v) is 5.55. The zero-order valence-electron chi connectivity index (χ0n) is 31.4. The molecule has 3 N–H and O–H groups in total. The predicted octanol–water partition coefficient (Wildman–Crippen LogP) is 10.5. The van der Waals surface area contributed by atoms with Gasteiger partial charge in [-0.3, -0.25) is 18.6 Å². The number of hydrogen-bond donors (Lipinski definition) is 2. The summed E-state index contributed by atoms with van der Waals surface area (Å²) in [5, 5.41) is 0. The van der Waals surface area contributed by atoms with Gasteiger partial charge in [0.05, 0.1) is 13.2 Å². The van der Waals surface area contributed by atoms with Crippen LogP contribution in [-0.2, 0) is 32.7 Å². The van der Waals surface area contributed by atoms with Crippen molar-refractivity contribution < 1.29 is 37.6 Å². The van der Waals surface area contributed by atoms with Gasteiger partial charge >= 0.3 is 19.8 Å². The van der Waals surface area contributed by atoms with Crippen LogP contribution in [0.5, 0.6) is 0 Å². The van der Waals surface area contributed by atoms with E-state index in [1.54, 1.807) is 0 Å². The van der Waals surface area contributed by atoms with Gasteiger partial charge in [0, 0.05) is 19.4 Å². The Hall–Kier alpha value is -2.29. The number of unbranched alkanes of at least 4 members (excludes halogenated alkanes) is 12. The van der Waals surface area contributed by atoms with Crippen molar-refractivity contribution in [3.8, 4) is 0 Å². The lowest BCUT2D eigenvalue weighted by atomic mass is 10.1. The Kier molecular flexibility index (Phi) is 34.8. The molecular formula is C40H70NO8P. The maximum absolute atomic E-state index is 12.5. The molecule has 0 aliphatic heterocycles. The van der Waals surface area contributed by atoms with E-state index < -0.39 is 32.5 Å². The van der Waals surface area contributed by atoms with Crippen molar-refractivity contribution in [3.05, 3.63) is 60.8 Å². The minimum atomic E-state index is -4.38. The van der Waals surface area contributed by atoms with E-state index in [9.17, 15) is 19.0 Å². The van der Waals surface area contributed by atoms with Gasteiger partial charge in [0.1, 0.15) is 6.61 Å². The molecule has 1 unspecified atom stereocenters. The Morgan fingerprint density at radius 1 is 0.620 bits per heavy atom. The largest absolute Gasteiger partial charge is 0.472 e. The SMILES string of the molecule is CC/C=C/C/C=C/C/C=C/CCCCCCCC(=O)O[C@H](COC(=O)CCCCCCC/C=C/C/C=C/CCCC)COP(=O)(O)OCCN. The van der Waals surface area contributed by atoms with E-state index >= 15 is 0 Å². The van der Waals surface area contributed by atoms with Gasteiger partial charge in [-0.05, 0) is 70.6 Å². The van der Waals surface area contributed by atoms with Crippen LogP contribution in [0.25, 0.3) is 0 Å². The molecule has 0 heterocycles. The number of phosphoric acid groups is 1. The van der Waals surface area contributed by atoms with E-state index in [1.165, 1.54) is 12.8 Å². The van der Waals surface area contributed by atoms with Crippen LogP contribution in [0.3, 0.4) is 0 Å². The molecule has 0 aromatic carbocycles. The maximum Gasteiger partial charge on any atom is 0.472 e. The predicted molar refractivity (Wildman–Crippen MR) is 206 cm³/mol. The molecule has 0 spiro atoms. The zero-order valence-corrected chi connectivity index (χ0v) is 32.3. The van der Waals surface area contributed by atoms with Crippen molar-refractivity contribution in [1.82, 2.24) is 0 Å². The quantitative estimate of drug-likeness (QED) is 0.0283. The van der Waals surface area contributed by atoms with Crippen LogP contribution in [0.2, 0.25) is 0 Å². The summed E-state index contributed by atoms with van der Waals surface area (Å²) in [5.41, 5.74) is 5.33. The number of nitrogens with two attached hydrogens (primary N) is 1. The smallest absolute Gasteiger partial charge is 0.462 e. The van der Waals surface area contributed by atoms with E-state index in [0.29, 0.717) is 12.8 Å². The molecule has 288 valence electrons. The minimum absolute atomic E-state index is 0.0454. The third kappa shape index (κ3) is 35.5. The zero-order chi connectivity index (χ0) is 36.8. The third-order valence-electron chi connectivity index (χ3n) is 7.64. The molecule has 10 heteroatoms. The van der Waals surface area contributed by atoms with Gasteiger partial charge in [-0.25, -0.2) is 4.57 Å². The van der Waals surface area contributed by atoms with E-state index in [-0.39, 0.29) is 32.6 Å². The molecule has 0 saturated carbocycles. The molecule has 0 radical (unpaired) electrons. The van der Waals surface area contributed by atoms with Crippen molar-refractivity contribution in [3.63, 3.8) is 0 Å². The van der Waals surface area contributed by atoms with Gasteiger partial charge < -0.3 is 20.1 Å². The Morgan fingerprint density at radius 3 is 1.64 bits per heavy atom. The van der Waals surface area contributed by atoms with Crippen LogP contribution in [0, 0.1) is 0 Å². The van der Waals surface area contributed by atoms with E-state index in [1.807, 2.05) is 0 Å². The van der Waals surface area contributed by atoms with Crippen molar-refractivity contribution >= 4 is 19.8 Å². The van der Waals surface area contributed by atoms with Gasteiger partial charge in [0.2, 0.25) is 0 Å². The van der Waals surface area contributed by atoms with Gasteiger partial charge in [0.25, 0.3) is 0 Å². The first kappa shape index (κ1) is 47.7. The average Bonchev–Trinajstić information content (AvgIpc) is 3.10. The average molecular weight is 724 g/mol. The second-order valence-electron chi connectivity index (χ2n) is 12.4. The molecule has 2 atom stereocenters. The fourth-order valence-electron chi connectivity index (χ4n) is 4.78. The Morgan fingerprint density at radius 2 is 1.10 bits per heavy atom. The number of allylic oxidation sites excluding steroid dienone is 10. The Balaban J connectivity index is 4.29. The summed E-state index contributed by atoms with van der Waals surface area (Å²) in [4.78, 5) is 34.7. The van der Waals surface area contributed by atoms with Gasteiger partial charge in [-0.1, -0.05) is 126 Å². The Bertz CT molecular complexity index is 1010. The van der Waals surface area contributed by atoms with E-state index in [0.717, 1.165) is 96.3 Å². The topological polar surface area (TPSA) is 134 Å². The van der Waals surface area contributed by atoms with E-state index in [2.05, 4.69) is 74.6 Å². The number of carbonyl (C=O) groups is 2. The van der Waals surface area contributed by atoms with Crippen LogP contribution in [-0.4, -0.2) is 49.3 Å². The molecule has 0 aliphatic rings. The minimum Gasteiger partial charge on any atom is -0.462 e. The maximum atomic E-state index is 12.5. The Labute approximate surface area is 304 Å². The summed E-state index contributed by atoms with van der Waals surface area (Å²) in [6, 6.07) is 0. The first-order valence-electron chi connectivity index (χ1n) is 19.3. The molecule has 0 rings (SSSR count). The molecule has 0 aromatic heterocycles. The molecule has 0 aliphatic carbocycles. The highest BCUT2D eigenvalue weighted by Gasteiger charge is 2.25. The molecule has 0 bridgehead atoms. The van der Waals surface area contributed by atoms with Crippen LogP contribution in [0.15, 0.2) is 60.8 Å². The van der Waals surface area contributed by atoms with Crippen molar-refractivity contribution in [1.29, 1.82) is 0 Å². The van der Waals surface area contributed by atoms with Crippen molar-refractivity contribution in [2.45, 2.75) is 155 Å². The lowest BCUT2D eigenvalue weighted by Crippen LogP contribution is -2.29. The second-order valence-corrected chi connectivity index (χ2v) is 13.9. The van der Waals surface area contributed by atoms with Gasteiger partial charge in [-0.15, -0.1) is 0 Å². The monoisotopic (exact) mass is 723 g/mol. The first-order chi connectivity index (χ1) is 24.3. The number of carbonyl (C=O) groups excluding carboxylic acids is 2. The standard InChI is InChI=1S/C40H70NO8P/c1-3-5-7-9-11-13-15-17-19-21-23-25-27-29-31-33-40(43)49-38(37-48-50(44,45)47-35-34-41)36-46-39(42)32-30-28-26-24-22-20-18-16-14-12-10-8-6-4-2/h5,7,10-13,16-19,38H,3-4,6,8-9,14-15,20-37,41H2,1-2H3,(H,44,45)/b7-5+,12-10+,13-11+,18-16+,19-17+/t38-/m1/s1. The first-order valence-corrected chi connectivity index (χ1v) is 20.8. The van der Waals surface area contributed by atoms with Crippen molar-refractivity contribution in [2.24, 2.45) is 5.73 Å². The molecule has 50 heavy (non-hydrogen) atoms. The highest BCUT2D eigenvalue weighted by molar-refractivity contribution is 7.47. The number of hydrogen-bond acceptors (Lipinski definition) is 8. The molecule has 0 saturated heterocycles. The summed E-state index contributed by atoms with van der Waals surface area (Å²) in [6.07, 6.45) is 41.0. The molecule has 0 aromatic rings. The molecule has 0 amide bonds. The van der Waals surface area contributed by atoms with Crippen LogP contribution < -0.4 is 5.73 Å². The molecule has 9 nitrogen and oxygen atoms in total. The number of ether oxygens (including phenoxy) is 2. The summed E-state index contributed by atoms with van der Waals surface area (Å²) < 4.78 is 32.6. The van der Waals surface area contributed by atoms with Crippen LogP contribution in [0.1, 0.15) is 149 Å². The third-order valence-corrected chi connectivity index (χ3v) is 8.62. The van der Waals surface area contributed by atoms with E-state index in [4.69, 9.17) is 24.3 Å². The van der Waals surface area contributed by atoms with Crippen molar-refractivity contribution in [2.75, 3.05) is 26.4 Å². The lowest BCUT2D eigenvalue weighted by Gasteiger charge is -2.19. The van der Waals surface area contributed by atoms with Gasteiger partial charge in [-0.2, -0.15) is 0 Å². The fraction of sp³-hybridized carbons (Fsp3) is 0.700. The summed E-state index contributed by atoms with van der Waals surface area (Å²) >= 11 is 0. The van der Waals surface area contributed by atoms with Crippen LogP contribution in [0.4, 0.5) is 0 Å². The normalized spacial score (nSPS) is 14.1.